The fourth-order valence-electron chi connectivity index (χ4n) is 2.05. The summed E-state index contributed by atoms with van der Waals surface area (Å²) in [6, 6.07) is 4.26. The van der Waals surface area contributed by atoms with Crippen LogP contribution in [0.3, 0.4) is 0 Å². The van der Waals surface area contributed by atoms with E-state index in [4.69, 9.17) is 0 Å². The number of aromatic amines is 1. The van der Waals surface area contributed by atoms with Crippen LogP contribution in [-0.2, 0) is 10.0 Å². The molecule has 0 amide bonds. The number of halogens is 1. The standard InChI is InChI=1S/C13H12FN5O3S/c1-7-11(12(20)19-13(15-7)16-8(2)17-19)18-23(21,22)10-5-3-9(14)4-6-10/h3-6,18H,1-2H3,(H,15,16,17). The van der Waals surface area contributed by atoms with Crippen molar-refractivity contribution in [1.29, 1.82) is 0 Å². The first-order chi connectivity index (χ1) is 10.8. The summed E-state index contributed by atoms with van der Waals surface area (Å²) in [6.45, 7) is 3.14. The molecular formula is C13H12FN5O3S. The van der Waals surface area contributed by atoms with Gasteiger partial charge in [0.2, 0.25) is 0 Å². The molecule has 8 nitrogen and oxygen atoms in total. The highest BCUT2D eigenvalue weighted by Crippen LogP contribution is 2.16. The van der Waals surface area contributed by atoms with E-state index in [1.165, 1.54) is 6.92 Å². The van der Waals surface area contributed by atoms with Crippen LogP contribution in [0.25, 0.3) is 5.78 Å². The second kappa shape index (κ2) is 5.16. The molecule has 0 fully saturated rings. The van der Waals surface area contributed by atoms with E-state index in [2.05, 4.69) is 19.8 Å². The van der Waals surface area contributed by atoms with Crippen LogP contribution < -0.4 is 10.3 Å². The number of aromatic nitrogens is 4. The van der Waals surface area contributed by atoms with E-state index in [0.717, 1.165) is 28.8 Å². The summed E-state index contributed by atoms with van der Waals surface area (Å²) in [5.41, 5.74) is -0.638. The number of nitrogens with zero attached hydrogens (tertiary/aromatic N) is 3. The van der Waals surface area contributed by atoms with Gasteiger partial charge in [-0.2, -0.15) is 9.50 Å². The quantitative estimate of drug-likeness (QED) is 0.740. The number of sulfonamides is 1. The maximum atomic E-state index is 12.9. The molecule has 0 bridgehead atoms. The summed E-state index contributed by atoms with van der Waals surface area (Å²) < 4.78 is 40.8. The number of benzene rings is 1. The van der Waals surface area contributed by atoms with E-state index in [1.54, 1.807) is 6.92 Å². The molecule has 0 unspecified atom stereocenters. The van der Waals surface area contributed by atoms with Crippen molar-refractivity contribution in [2.24, 2.45) is 0 Å². The fourth-order valence-corrected chi connectivity index (χ4v) is 3.17. The number of hydrogen-bond acceptors (Lipinski definition) is 5. The van der Waals surface area contributed by atoms with Gasteiger partial charge in [-0.3, -0.25) is 14.6 Å². The normalized spacial score (nSPS) is 11.8. The van der Waals surface area contributed by atoms with Crippen molar-refractivity contribution >= 4 is 21.5 Å². The minimum absolute atomic E-state index is 0.148. The van der Waals surface area contributed by atoms with Crippen LogP contribution >= 0.6 is 0 Å². The van der Waals surface area contributed by atoms with Crippen LogP contribution in [0.5, 0.6) is 0 Å². The van der Waals surface area contributed by atoms with E-state index >= 15 is 0 Å². The number of nitrogens with one attached hydrogen (secondary N) is 2. The second-order valence-corrected chi connectivity index (χ2v) is 6.56. The van der Waals surface area contributed by atoms with Gasteiger partial charge in [-0.05, 0) is 38.1 Å². The highest BCUT2D eigenvalue weighted by molar-refractivity contribution is 7.92. The lowest BCUT2D eigenvalue weighted by molar-refractivity contribution is 0.599. The van der Waals surface area contributed by atoms with Gasteiger partial charge in [-0.15, -0.1) is 0 Å². The van der Waals surface area contributed by atoms with Gasteiger partial charge in [0.05, 0.1) is 10.6 Å². The highest BCUT2D eigenvalue weighted by atomic mass is 32.2. The third-order valence-corrected chi connectivity index (χ3v) is 4.51. The molecule has 0 radical (unpaired) electrons. The number of fused-ring (bicyclic) bond motifs is 1. The zero-order valence-electron chi connectivity index (χ0n) is 12.2. The van der Waals surface area contributed by atoms with Crippen molar-refractivity contribution in [1.82, 2.24) is 19.6 Å². The third kappa shape index (κ3) is 2.68. The molecule has 3 aromatic rings. The van der Waals surface area contributed by atoms with Gasteiger partial charge in [-0.25, -0.2) is 17.8 Å². The predicted octanol–water partition coefficient (Wildman–Crippen LogP) is 0.974. The average molecular weight is 337 g/mol. The summed E-state index contributed by atoms with van der Waals surface area (Å²) in [4.78, 5) is 20.3. The molecule has 0 atom stereocenters. The lowest BCUT2D eigenvalue weighted by Gasteiger charge is -2.09. The van der Waals surface area contributed by atoms with Crippen molar-refractivity contribution in [3.63, 3.8) is 0 Å². The van der Waals surface area contributed by atoms with E-state index in [0.29, 0.717) is 5.82 Å². The summed E-state index contributed by atoms with van der Waals surface area (Å²) in [7, 11) is -4.04. The maximum Gasteiger partial charge on any atom is 0.298 e. The Labute approximate surface area is 130 Å². The number of H-pyrrole nitrogens is 1. The van der Waals surface area contributed by atoms with Gasteiger partial charge < -0.3 is 0 Å². The molecule has 0 spiro atoms. The van der Waals surface area contributed by atoms with E-state index < -0.39 is 21.4 Å². The maximum absolute atomic E-state index is 12.9. The Morgan fingerprint density at radius 1 is 1.17 bits per heavy atom. The molecule has 1 aromatic carbocycles. The number of hydrogen-bond donors (Lipinski definition) is 2. The molecule has 0 aliphatic rings. The molecule has 0 saturated heterocycles. The minimum atomic E-state index is -4.04. The molecule has 2 aromatic heterocycles. The summed E-state index contributed by atoms with van der Waals surface area (Å²) in [5, 5.41) is 2.67. The van der Waals surface area contributed by atoms with Gasteiger partial charge in [0, 0.05) is 0 Å². The SMILES string of the molecule is Cc1nc2nc(C)c(NS(=O)(=O)c3ccc(F)cc3)c(=O)n2[nH]1. The predicted molar refractivity (Wildman–Crippen MR) is 80.3 cm³/mol. The van der Waals surface area contributed by atoms with Crippen molar-refractivity contribution in [2.45, 2.75) is 18.7 Å². The number of aryl methyl sites for hydroxylation is 2. The number of anilines is 1. The monoisotopic (exact) mass is 337 g/mol. The van der Waals surface area contributed by atoms with Gasteiger partial charge in [-0.1, -0.05) is 0 Å². The molecule has 0 aliphatic carbocycles. The van der Waals surface area contributed by atoms with E-state index in [9.17, 15) is 17.6 Å². The zero-order valence-corrected chi connectivity index (χ0v) is 13.0. The van der Waals surface area contributed by atoms with Crippen molar-refractivity contribution in [3.8, 4) is 0 Å². The molecule has 10 heteroatoms. The summed E-state index contributed by atoms with van der Waals surface area (Å²) in [6.07, 6.45) is 0. The Morgan fingerprint density at radius 2 is 1.83 bits per heavy atom. The minimum Gasteiger partial charge on any atom is -0.275 e. The van der Waals surface area contributed by atoms with Gasteiger partial charge in [0.1, 0.15) is 17.3 Å². The Balaban J connectivity index is 2.10. The lowest BCUT2D eigenvalue weighted by Crippen LogP contribution is -2.25. The zero-order chi connectivity index (χ0) is 16.8. The molecule has 2 heterocycles. The van der Waals surface area contributed by atoms with Gasteiger partial charge in [0.25, 0.3) is 21.4 Å². The molecule has 0 aliphatic heterocycles. The van der Waals surface area contributed by atoms with Crippen molar-refractivity contribution in [3.05, 3.63) is 52.0 Å². The van der Waals surface area contributed by atoms with Crippen molar-refractivity contribution < 1.29 is 12.8 Å². The van der Waals surface area contributed by atoms with Crippen LogP contribution in [0.2, 0.25) is 0 Å². The van der Waals surface area contributed by atoms with E-state index in [-0.39, 0.29) is 22.1 Å². The van der Waals surface area contributed by atoms with Crippen molar-refractivity contribution in [2.75, 3.05) is 4.72 Å². The van der Waals surface area contributed by atoms with Crippen LogP contribution in [0.15, 0.2) is 34.0 Å². The van der Waals surface area contributed by atoms with Crippen LogP contribution in [0.4, 0.5) is 10.1 Å². The lowest BCUT2D eigenvalue weighted by atomic mass is 10.4. The molecule has 0 saturated carbocycles. The molecule has 23 heavy (non-hydrogen) atoms. The van der Waals surface area contributed by atoms with Gasteiger partial charge >= 0.3 is 0 Å². The molecule has 3 rings (SSSR count). The van der Waals surface area contributed by atoms with Crippen LogP contribution in [-0.4, -0.2) is 28.0 Å². The average Bonchev–Trinajstić information content (AvgIpc) is 2.84. The first kappa shape index (κ1) is 15.2. The topological polar surface area (TPSA) is 109 Å². The van der Waals surface area contributed by atoms with Gasteiger partial charge in [0.15, 0.2) is 0 Å². The third-order valence-electron chi connectivity index (χ3n) is 3.15. The molecule has 120 valence electrons. The number of rotatable bonds is 3. The Kier molecular flexibility index (Phi) is 3.40. The van der Waals surface area contributed by atoms with Crippen LogP contribution in [0.1, 0.15) is 11.5 Å². The second-order valence-electron chi connectivity index (χ2n) is 4.88. The molecular weight excluding hydrogens is 325 g/mol. The Hall–Kier alpha value is -2.75. The largest absolute Gasteiger partial charge is 0.298 e. The first-order valence-corrected chi connectivity index (χ1v) is 8.00. The Morgan fingerprint density at radius 3 is 2.48 bits per heavy atom. The first-order valence-electron chi connectivity index (χ1n) is 6.52. The molecule has 2 N–H and O–H groups in total. The summed E-state index contributed by atoms with van der Waals surface area (Å²) in [5.74, 6) is 0.0542. The van der Waals surface area contributed by atoms with E-state index in [1.807, 2.05) is 0 Å². The fraction of sp³-hybridized carbons (Fsp3) is 0.154. The smallest absolute Gasteiger partial charge is 0.275 e. The van der Waals surface area contributed by atoms with Crippen LogP contribution in [0, 0.1) is 19.7 Å². The Bertz CT molecular complexity index is 1050. The summed E-state index contributed by atoms with van der Waals surface area (Å²) >= 11 is 0. The highest BCUT2D eigenvalue weighted by Gasteiger charge is 2.20.